The molecule has 24 heavy (non-hydrogen) atoms. The van der Waals surface area contributed by atoms with Crippen LogP contribution in [0.4, 0.5) is 0 Å². The van der Waals surface area contributed by atoms with Crippen molar-refractivity contribution in [1.29, 1.82) is 0 Å². The van der Waals surface area contributed by atoms with Crippen molar-refractivity contribution in [3.8, 4) is 0 Å². The van der Waals surface area contributed by atoms with E-state index in [1.807, 2.05) is 24.3 Å². The molecule has 0 unspecified atom stereocenters. The third-order valence-corrected chi connectivity index (χ3v) is 4.38. The number of benzene rings is 1. The summed E-state index contributed by atoms with van der Waals surface area (Å²) >= 11 is 6.12. The minimum Gasteiger partial charge on any atom is -0.352 e. The van der Waals surface area contributed by atoms with Gasteiger partial charge in [0.1, 0.15) is 0 Å². The zero-order valence-electron chi connectivity index (χ0n) is 14.0. The summed E-state index contributed by atoms with van der Waals surface area (Å²) in [6, 6.07) is 7.98. The molecule has 1 fully saturated rings. The molecule has 0 heterocycles. The molecule has 1 aromatic carbocycles. The Labute approximate surface area is 166 Å². The van der Waals surface area contributed by atoms with Crippen LogP contribution in [-0.4, -0.2) is 31.5 Å². The Morgan fingerprint density at radius 3 is 2.58 bits per heavy atom. The summed E-state index contributed by atoms with van der Waals surface area (Å²) in [5.41, 5.74) is 0.990. The van der Waals surface area contributed by atoms with E-state index in [1.54, 1.807) is 7.05 Å². The smallest absolute Gasteiger partial charge is 0.239 e. The highest BCUT2D eigenvalue weighted by atomic mass is 127. The van der Waals surface area contributed by atoms with Crippen LogP contribution < -0.4 is 16.0 Å². The molecule has 0 aliphatic heterocycles. The van der Waals surface area contributed by atoms with Crippen LogP contribution in [-0.2, 0) is 11.3 Å². The van der Waals surface area contributed by atoms with E-state index in [-0.39, 0.29) is 36.4 Å². The summed E-state index contributed by atoms with van der Waals surface area (Å²) in [6.07, 6.45) is 5.87. The lowest BCUT2D eigenvalue weighted by molar-refractivity contribution is -0.120. The fraction of sp³-hybridized carbons (Fsp3) is 0.529. The standard InChI is InChI=1S/C17H25ClN4O.HI/c1-19-17(20-11-13-7-5-6-10-15(13)18)21-12-16(23)22-14-8-3-2-4-9-14;/h5-7,10,14H,2-4,8-9,11-12H2,1H3,(H,22,23)(H2,19,20,21);1H. The summed E-state index contributed by atoms with van der Waals surface area (Å²) in [4.78, 5) is 16.1. The lowest BCUT2D eigenvalue weighted by atomic mass is 9.95. The van der Waals surface area contributed by atoms with Crippen LogP contribution in [0.25, 0.3) is 0 Å². The van der Waals surface area contributed by atoms with Gasteiger partial charge in [0.2, 0.25) is 5.91 Å². The lowest BCUT2D eigenvalue weighted by Crippen LogP contribution is -2.45. The van der Waals surface area contributed by atoms with E-state index in [0.29, 0.717) is 23.6 Å². The molecule has 0 aromatic heterocycles. The minimum absolute atomic E-state index is 0. The molecular formula is C17H26ClIN4O. The molecule has 1 aromatic rings. The van der Waals surface area contributed by atoms with Crippen LogP contribution >= 0.6 is 35.6 Å². The van der Waals surface area contributed by atoms with Crippen molar-refractivity contribution in [2.45, 2.75) is 44.7 Å². The topological polar surface area (TPSA) is 65.5 Å². The van der Waals surface area contributed by atoms with Gasteiger partial charge in [-0.05, 0) is 24.5 Å². The number of carbonyl (C=O) groups excluding carboxylic acids is 1. The average Bonchev–Trinajstić information content (AvgIpc) is 2.57. The number of nitrogens with one attached hydrogen (secondary N) is 3. The Balaban J connectivity index is 0.00000288. The number of guanidine groups is 1. The van der Waals surface area contributed by atoms with Gasteiger partial charge < -0.3 is 16.0 Å². The number of hydrogen-bond acceptors (Lipinski definition) is 2. The maximum atomic E-state index is 12.0. The largest absolute Gasteiger partial charge is 0.352 e. The second-order valence-electron chi connectivity index (χ2n) is 5.77. The molecule has 0 spiro atoms. The van der Waals surface area contributed by atoms with Crippen molar-refractivity contribution in [1.82, 2.24) is 16.0 Å². The first-order valence-electron chi connectivity index (χ1n) is 8.16. The zero-order chi connectivity index (χ0) is 16.5. The molecule has 7 heteroatoms. The van der Waals surface area contributed by atoms with Gasteiger partial charge in [-0.1, -0.05) is 49.1 Å². The summed E-state index contributed by atoms with van der Waals surface area (Å²) in [5.74, 6) is 0.598. The highest BCUT2D eigenvalue weighted by Gasteiger charge is 2.15. The maximum Gasteiger partial charge on any atom is 0.239 e. The lowest BCUT2D eigenvalue weighted by Gasteiger charge is -2.23. The van der Waals surface area contributed by atoms with E-state index < -0.39 is 0 Å². The van der Waals surface area contributed by atoms with E-state index in [9.17, 15) is 4.79 Å². The van der Waals surface area contributed by atoms with Crippen molar-refractivity contribution < 1.29 is 4.79 Å². The first kappa shape index (κ1) is 21.0. The molecule has 1 aliphatic carbocycles. The normalized spacial score (nSPS) is 15.3. The predicted octanol–water partition coefficient (Wildman–Crippen LogP) is 3.07. The van der Waals surface area contributed by atoms with E-state index in [4.69, 9.17) is 11.6 Å². The van der Waals surface area contributed by atoms with E-state index in [0.717, 1.165) is 18.4 Å². The SMILES string of the molecule is CN=C(NCC(=O)NC1CCCCC1)NCc1ccccc1Cl.I. The number of rotatable bonds is 5. The maximum absolute atomic E-state index is 12.0. The van der Waals surface area contributed by atoms with E-state index >= 15 is 0 Å². The molecule has 1 aliphatic rings. The quantitative estimate of drug-likeness (QED) is 0.356. The number of amides is 1. The number of aliphatic imine (C=N–C) groups is 1. The molecular weight excluding hydrogens is 439 g/mol. The summed E-state index contributed by atoms with van der Waals surface area (Å²) < 4.78 is 0. The van der Waals surface area contributed by atoms with Crippen LogP contribution in [0.1, 0.15) is 37.7 Å². The molecule has 1 amide bonds. The van der Waals surface area contributed by atoms with Gasteiger partial charge in [-0.15, -0.1) is 24.0 Å². The Bertz CT molecular complexity index is 547. The van der Waals surface area contributed by atoms with Crippen LogP contribution in [0.2, 0.25) is 5.02 Å². The molecule has 5 nitrogen and oxygen atoms in total. The average molecular weight is 465 g/mol. The number of carbonyl (C=O) groups is 1. The number of nitrogens with zero attached hydrogens (tertiary/aromatic N) is 1. The zero-order valence-corrected chi connectivity index (χ0v) is 17.1. The summed E-state index contributed by atoms with van der Waals surface area (Å²) in [6.45, 7) is 0.780. The molecule has 3 N–H and O–H groups in total. The van der Waals surface area contributed by atoms with Gasteiger partial charge in [0.25, 0.3) is 0 Å². The van der Waals surface area contributed by atoms with Crippen LogP contribution in [0.5, 0.6) is 0 Å². The molecule has 0 atom stereocenters. The van der Waals surface area contributed by atoms with Gasteiger partial charge >= 0.3 is 0 Å². The van der Waals surface area contributed by atoms with Crippen molar-refractivity contribution in [3.63, 3.8) is 0 Å². The molecule has 0 bridgehead atoms. The number of halogens is 2. The fourth-order valence-electron chi connectivity index (χ4n) is 2.73. The van der Waals surface area contributed by atoms with Gasteiger partial charge in [0.15, 0.2) is 5.96 Å². The van der Waals surface area contributed by atoms with Crippen molar-refractivity contribution in [2.75, 3.05) is 13.6 Å². The minimum atomic E-state index is 0. The third kappa shape index (κ3) is 7.25. The molecule has 0 saturated heterocycles. The molecule has 2 rings (SSSR count). The predicted molar refractivity (Wildman–Crippen MR) is 110 cm³/mol. The van der Waals surface area contributed by atoms with Crippen LogP contribution in [0, 0.1) is 0 Å². The van der Waals surface area contributed by atoms with Gasteiger partial charge in [0.05, 0.1) is 6.54 Å². The summed E-state index contributed by atoms with van der Waals surface area (Å²) in [7, 11) is 1.68. The third-order valence-electron chi connectivity index (χ3n) is 4.01. The van der Waals surface area contributed by atoms with E-state index in [2.05, 4.69) is 20.9 Å². The Hall–Kier alpha value is -1.02. The van der Waals surface area contributed by atoms with Gasteiger partial charge in [-0.3, -0.25) is 9.79 Å². The van der Waals surface area contributed by atoms with Crippen LogP contribution in [0.3, 0.4) is 0 Å². The van der Waals surface area contributed by atoms with Crippen molar-refractivity contribution in [2.24, 2.45) is 4.99 Å². The van der Waals surface area contributed by atoms with Crippen molar-refractivity contribution in [3.05, 3.63) is 34.9 Å². The Kier molecular flexibility index (Phi) is 10.1. The summed E-state index contributed by atoms with van der Waals surface area (Å²) in [5, 5.41) is 9.98. The second kappa shape index (κ2) is 11.5. The van der Waals surface area contributed by atoms with Gasteiger partial charge in [-0.2, -0.15) is 0 Å². The molecule has 134 valence electrons. The number of hydrogen-bond donors (Lipinski definition) is 3. The highest BCUT2D eigenvalue weighted by Crippen LogP contribution is 2.17. The Morgan fingerprint density at radius 1 is 1.21 bits per heavy atom. The first-order chi connectivity index (χ1) is 11.2. The molecule has 0 radical (unpaired) electrons. The molecule has 1 saturated carbocycles. The van der Waals surface area contributed by atoms with Gasteiger partial charge in [0, 0.05) is 24.7 Å². The highest BCUT2D eigenvalue weighted by molar-refractivity contribution is 14.0. The Morgan fingerprint density at radius 2 is 1.92 bits per heavy atom. The first-order valence-corrected chi connectivity index (χ1v) is 8.54. The van der Waals surface area contributed by atoms with Crippen LogP contribution in [0.15, 0.2) is 29.3 Å². The second-order valence-corrected chi connectivity index (χ2v) is 6.18. The van der Waals surface area contributed by atoms with Gasteiger partial charge in [-0.25, -0.2) is 0 Å². The van der Waals surface area contributed by atoms with E-state index in [1.165, 1.54) is 19.3 Å². The monoisotopic (exact) mass is 464 g/mol. The fourth-order valence-corrected chi connectivity index (χ4v) is 2.93. The van der Waals surface area contributed by atoms with Crippen molar-refractivity contribution >= 4 is 47.4 Å².